The second-order valence-electron chi connectivity index (χ2n) is 6.78. The summed E-state index contributed by atoms with van der Waals surface area (Å²) in [4.78, 5) is 10.8. The molecule has 0 aliphatic carbocycles. The van der Waals surface area contributed by atoms with Crippen molar-refractivity contribution in [2.45, 2.75) is 38.9 Å². The fourth-order valence-corrected chi connectivity index (χ4v) is 2.55. The Morgan fingerprint density at radius 3 is 2.17 bits per heavy atom. The number of hydrogen-bond acceptors (Lipinski definition) is 4. The van der Waals surface area contributed by atoms with Crippen molar-refractivity contribution < 1.29 is 18.8 Å². The molecular weight excluding hydrogens is 293 g/mol. The highest BCUT2D eigenvalue weighted by molar-refractivity contribution is 6.62. The number of benzene rings is 2. The topological polar surface area (TPSA) is 70.8 Å². The lowest BCUT2D eigenvalue weighted by molar-refractivity contribution is 0.00578. The van der Waals surface area contributed by atoms with Gasteiger partial charge in [-0.2, -0.15) is 0 Å². The first-order valence-electron chi connectivity index (χ1n) is 7.55. The van der Waals surface area contributed by atoms with E-state index in [2.05, 4.69) is 0 Å². The lowest BCUT2D eigenvalue weighted by Gasteiger charge is -2.32. The molecule has 0 atom stereocenters. The van der Waals surface area contributed by atoms with Crippen molar-refractivity contribution in [1.29, 1.82) is 0 Å². The maximum Gasteiger partial charge on any atom is 0.494 e. The van der Waals surface area contributed by atoms with E-state index in [9.17, 15) is 4.79 Å². The van der Waals surface area contributed by atoms with Crippen LogP contribution >= 0.6 is 0 Å². The van der Waals surface area contributed by atoms with Gasteiger partial charge >= 0.3 is 13.2 Å². The second-order valence-corrected chi connectivity index (χ2v) is 6.78. The largest absolute Gasteiger partial charge is 0.494 e. The van der Waals surface area contributed by atoms with Gasteiger partial charge in [-0.15, -0.1) is 0 Å². The fourth-order valence-electron chi connectivity index (χ4n) is 2.55. The van der Waals surface area contributed by atoms with Crippen molar-refractivity contribution in [1.82, 2.24) is 0 Å². The highest BCUT2D eigenvalue weighted by Gasteiger charge is 2.51. The highest BCUT2D eigenvalue weighted by Crippen LogP contribution is 2.36. The molecule has 3 rings (SSSR count). The van der Waals surface area contributed by atoms with Crippen LogP contribution in [0.25, 0.3) is 10.8 Å². The van der Waals surface area contributed by atoms with Gasteiger partial charge < -0.3 is 19.8 Å². The van der Waals surface area contributed by atoms with Crippen LogP contribution in [0.5, 0.6) is 5.75 Å². The Morgan fingerprint density at radius 2 is 1.57 bits per heavy atom. The van der Waals surface area contributed by atoms with E-state index < -0.39 is 13.2 Å². The zero-order valence-electron chi connectivity index (χ0n) is 13.8. The number of carbonyl (C=O) groups excluding carboxylic acids is 1. The fraction of sp³-hybridized carbons (Fsp3) is 0.353. The highest BCUT2D eigenvalue weighted by atomic mass is 16.7. The summed E-state index contributed by atoms with van der Waals surface area (Å²) in [5.41, 5.74) is 5.25. The maximum atomic E-state index is 10.8. The molecule has 1 heterocycles. The van der Waals surface area contributed by atoms with Crippen LogP contribution in [0.1, 0.15) is 27.7 Å². The third-order valence-corrected chi connectivity index (χ3v) is 4.58. The first kappa shape index (κ1) is 15.8. The molecule has 0 unspecified atom stereocenters. The molecule has 1 aliphatic heterocycles. The van der Waals surface area contributed by atoms with Crippen LogP contribution in [0.4, 0.5) is 4.79 Å². The van der Waals surface area contributed by atoms with Crippen molar-refractivity contribution in [2.24, 2.45) is 5.73 Å². The van der Waals surface area contributed by atoms with E-state index in [-0.39, 0.29) is 11.2 Å². The Balaban J connectivity index is 1.91. The van der Waals surface area contributed by atoms with Crippen LogP contribution in [0, 0.1) is 0 Å². The second kappa shape index (κ2) is 5.25. The molecular formula is C17H20BNO4. The number of ether oxygens (including phenoxy) is 1. The van der Waals surface area contributed by atoms with Gasteiger partial charge in [-0.25, -0.2) is 4.79 Å². The van der Waals surface area contributed by atoms with Gasteiger partial charge in [0, 0.05) is 0 Å². The van der Waals surface area contributed by atoms with E-state index in [1.165, 1.54) is 0 Å². The van der Waals surface area contributed by atoms with E-state index in [0.29, 0.717) is 5.75 Å². The summed E-state index contributed by atoms with van der Waals surface area (Å²) in [6, 6.07) is 11.3. The minimum Gasteiger partial charge on any atom is -0.410 e. The molecule has 0 spiro atoms. The standard InChI is InChI=1S/C17H20BNO4/c1-16(2)17(3,4)23-18(22-16)13-7-5-12-10-14(21-15(19)20)8-6-11(12)9-13/h5-10H,1-4H3,(H2,19,20). The number of nitrogens with two attached hydrogens (primary N) is 1. The molecule has 2 N–H and O–H groups in total. The van der Waals surface area contributed by atoms with Crippen molar-refractivity contribution in [2.75, 3.05) is 0 Å². The molecule has 2 aromatic rings. The van der Waals surface area contributed by atoms with E-state index >= 15 is 0 Å². The predicted molar refractivity (Wildman–Crippen MR) is 89.9 cm³/mol. The van der Waals surface area contributed by atoms with E-state index in [1.54, 1.807) is 12.1 Å². The minimum absolute atomic E-state index is 0.369. The average Bonchev–Trinajstić information content (AvgIpc) is 2.66. The summed E-state index contributed by atoms with van der Waals surface area (Å²) in [6.07, 6.45) is -0.821. The Kier molecular flexibility index (Phi) is 3.61. The van der Waals surface area contributed by atoms with Gasteiger partial charge in [-0.3, -0.25) is 0 Å². The van der Waals surface area contributed by atoms with E-state index in [1.807, 2.05) is 52.0 Å². The predicted octanol–water partition coefficient (Wildman–Crippen LogP) is 2.60. The van der Waals surface area contributed by atoms with Gasteiger partial charge in [0.2, 0.25) is 0 Å². The maximum absolute atomic E-state index is 10.8. The monoisotopic (exact) mass is 313 g/mol. The summed E-state index contributed by atoms with van der Waals surface area (Å²) in [5.74, 6) is 0.424. The molecule has 0 aromatic heterocycles. The molecule has 1 fully saturated rings. The zero-order chi connectivity index (χ0) is 16.8. The number of carbonyl (C=O) groups is 1. The summed E-state index contributed by atoms with van der Waals surface area (Å²) < 4.78 is 17.0. The normalized spacial score (nSPS) is 19.0. The van der Waals surface area contributed by atoms with Crippen molar-refractivity contribution in [3.63, 3.8) is 0 Å². The summed E-state index contributed by atoms with van der Waals surface area (Å²) >= 11 is 0. The molecule has 1 amide bonds. The molecule has 6 heteroatoms. The van der Waals surface area contributed by atoms with Gasteiger partial charge in [0.25, 0.3) is 0 Å². The molecule has 0 saturated carbocycles. The number of primary amides is 1. The van der Waals surface area contributed by atoms with Crippen molar-refractivity contribution >= 4 is 29.4 Å². The van der Waals surface area contributed by atoms with Crippen molar-refractivity contribution in [3.8, 4) is 5.75 Å². The Labute approximate surface area is 135 Å². The van der Waals surface area contributed by atoms with E-state index in [4.69, 9.17) is 19.8 Å². The van der Waals surface area contributed by atoms with Gasteiger partial charge in [0.15, 0.2) is 0 Å². The van der Waals surface area contributed by atoms with Crippen LogP contribution in [0.15, 0.2) is 36.4 Å². The zero-order valence-corrected chi connectivity index (χ0v) is 13.8. The third-order valence-electron chi connectivity index (χ3n) is 4.58. The number of rotatable bonds is 2. The van der Waals surface area contributed by atoms with Gasteiger partial charge in [0.1, 0.15) is 5.75 Å². The lowest BCUT2D eigenvalue weighted by Crippen LogP contribution is -2.41. The van der Waals surface area contributed by atoms with Gasteiger partial charge in [0.05, 0.1) is 11.2 Å². The Morgan fingerprint density at radius 1 is 1.00 bits per heavy atom. The van der Waals surface area contributed by atoms with Gasteiger partial charge in [-0.1, -0.05) is 24.3 Å². The molecule has 0 radical (unpaired) electrons. The quantitative estimate of drug-likeness (QED) is 0.865. The number of hydrogen-bond donors (Lipinski definition) is 1. The number of fused-ring (bicyclic) bond motifs is 1. The Bertz CT molecular complexity index is 756. The molecule has 1 aliphatic rings. The molecule has 0 bridgehead atoms. The minimum atomic E-state index is -0.821. The first-order chi connectivity index (χ1) is 10.7. The summed E-state index contributed by atoms with van der Waals surface area (Å²) in [6.45, 7) is 8.12. The number of amides is 1. The smallest absolute Gasteiger partial charge is 0.410 e. The molecule has 120 valence electrons. The first-order valence-corrected chi connectivity index (χ1v) is 7.55. The summed E-state index contributed by atoms with van der Waals surface area (Å²) in [7, 11) is -0.397. The third kappa shape index (κ3) is 2.92. The molecule has 5 nitrogen and oxygen atoms in total. The van der Waals surface area contributed by atoms with Crippen LogP contribution < -0.4 is 15.9 Å². The Hall–Kier alpha value is -2.05. The molecule has 1 saturated heterocycles. The lowest BCUT2D eigenvalue weighted by atomic mass is 9.78. The van der Waals surface area contributed by atoms with E-state index in [0.717, 1.165) is 16.2 Å². The van der Waals surface area contributed by atoms with Crippen LogP contribution in [-0.2, 0) is 9.31 Å². The van der Waals surface area contributed by atoms with Gasteiger partial charge in [-0.05, 0) is 56.1 Å². The van der Waals surface area contributed by atoms with Crippen LogP contribution in [0.2, 0.25) is 0 Å². The SMILES string of the molecule is CC1(C)OB(c2ccc3cc(OC(N)=O)ccc3c2)OC1(C)C. The summed E-state index contributed by atoms with van der Waals surface area (Å²) in [5, 5.41) is 1.96. The molecule has 2 aromatic carbocycles. The van der Waals surface area contributed by atoms with Crippen LogP contribution in [0.3, 0.4) is 0 Å². The molecule has 23 heavy (non-hydrogen) atoms. The van der Waals surface area contributed by atoms with Crippen LogP contribution in [-0.4, -0.2) is 24.4 Å². The van der Waals surface area contributed by atoms with Crippen molar-refractivity contribution in [3.05, 3.63) is 36.4 Å². The average molecular weight is 313 g/mol.